The summed E-state index contributed by atoms with van der Waals surface area (Å²) in [5.41, 5.74) is 0. The highest BCUT2D eigenvalue weighted by atomic mass is 32.1. The van der Waals surface area contributed by atoms with Crippen molar-refractivity contribution in [2.24, 2.45) is 0 Å². The monoisotopic (exact) mass is 258 g/mol. The fourth-order valence-corrected chi connectivity index (χ4v) is 1.81. The molecule has 1 rings (SSSR count). The van der Waals surface area contributed by atoms with E-state index in [1.54, 1.807) is 0 Å². The van der Waals surface area contributed by atoms with E-state index in [2.05, 4.69) is 10.6 Å². The lowest BCUT2D eigenvalue weighted by molar-refractivity contribution is -0.141. The third kappa shape index (κ3) is 4.41. The number of aliphatic carboxylic acids is 1. The van der Waals surface area contributed by atoms with Gasteiger partial charge in [-0.2, -0.15) is 0 Å². The molecule has 94 valence electrons. The molecule has 0 bridgehead atoms. The van der Waals surface area contributed by atoms with E-state index in [0.717, 1.165) is 4.88 Å². The maximum atomic E-state index is 11.4. The molecule has 0 fully saturated rings. The fraction of sp³-hybridized carbons (Fsp3) is 0.400. The second-order valence-corrected chi connectivity index (χ2v) is 4.50. The van der Waals surface area contributed by atoms with Gasteiger partial charge in [-0.3, -0.25) is 0 Å². The molecule has 0 aliphatic carbocycles. The van der Waals surface area contributed by atoms with Crippen molar-refractivity contribution in [3.8, 4) is 0 Å². The number of hydrogen-bond acceptors (Lipinski definition) is 4. The Balaban J connectivity index is 2.40. The lowest BCUT2D eigenvalue weighted by Gasteiger charge is -2.17. The molecule has 4 N–H and O–H groups in total. The summed E-state index contributed by atoms with van der Waals surface area (Å²) in [5, 5.41) is 24.5. The van der Waals surface area contributed by atoms with Gasteiger partial charge < -0.3 is 20.8 Å². The molecule has 2 amide bonds. The summed E-state index contributed by atoms with van der Waals surface area (Å²) in [5.74, 6) is -1.27. The molecule has 2 atom stereocenters. The third-order valence-corrected chi connectivity index (χ3v) is 2.91. The van der Waals surface area contributed by atoms with Crippen LogP contribution in [-0.4, -0.2) is 34.4 Å². The second kappa shape index (κ2) is 6.21. The first kappa shape index (κ1) is 13.5. The Hall–Kier alpha value is -1.60. The van der Waals surface area contributed by atoms with Crippen molar-refractivity contribution in [2.75, 3.05) is 0 Å². The Morgan fingerprint density at radius 3 is 2.71 bits per heavy atom. The standard InChI is InChI=1S/C10H14N2O4S/c1-6(13)8(9(14)15)12-10(16)11-5-7-3-2-4-17-7/h2-4,6,8,13H,5H2,1H3,(H,14,15)(H2,11,12,16). The van der Waals surface area contributed by atoms with Gasteiger partial charge in [0.1, 0.15) is 0 Å². The minimum atomic E-state index is -1.31. The molecule has 1 heterocycles. The number of carboxylic acids is 1. The van der Waals surface area contributed by atoms with Crippen molar-refractivity contribution in [3.63, 3.8) is 0 Å². The minimum absolute atomic E-state index is 0.329. The lowest BCUT2D eigenvalue weighted by Crippen LogP contribution is -2.50. The fourth-order valence-electron chi connectivity index (χ4n) is 1.16. The number of thiophene rings is 1. The zero-order valence-electron chi connectivity index (χ0n) is 9.21. The van der Waals surface area contributed by atoms with Gasteiger partial charge in [0.05, 0.1) is 12.6 Å². The van der Waals surface area contributed by atoms with Gasteiger partial charge in [0.2, 0.25) is 0 Å². The molecule has 0 saturated heterocycles. The van der Waals surface area contributed by atoms with Gasteiger partial charge in [0, 0.05) is 4.88 Å². The Kier molecular flexibility index (Phi) is 4.92. The molecule has 6 nitrogen and oxygen atoms in total. The van der Waals surface area contributed by atoms with E-state index >= 15 is 0 Å². The minimum Gasteiger partial charge on any atom is -0.480 e. The van der Waals surface area contributed by atoms with Crippen LogP contribution in [0.5, 0.6) is 0 Å². The van der Waals surface area contributed by atoms with Crippen molar-refractivity contribution >= 4 is 23.3 Å². The summed E-state index contributed by atoms with van der Waals surface area (Å²) in [7, 11) is 0. The first-order chi connectivity index (χ1) is 8.00. The predicted molar refractivity (Wildman–Crippen MR) is 62.8 cm³/mol. The van der Waals surface area contributed by atoms with Crippen molar-refractivity contribution < 1.29 is 19.8 Å². The molecule has 2 unspecified atom stereocenters. The number of aliphatic hydroxyl groups is 1. The van der Waals surface area contributed by atoms with Crippen LogP contribution in [0.15, 0.2) is 17.5 Å². The predicted octanol–water partition coefficient (Wildman–Crippen LogP) is 0.381. The molecule has 0 aliphatic rings. The number of amides is 2. The second-order valence-electron chi connectivity index (χ2n) is 3.46. The zero-order chi connectivity index (χ0) is 12.8. The highest BCUT2D eigenvalue weighted by Crippen LogP contribution is 2.07. The van der Waals surface area contributed by atoms with E-state index in [4.69, 9.17) is 10.2 Å². The topological polar surface area (TPSA) is 98.7 Å². The zero-order valence-corrected chi connectivity index (χ0v) is 10.0. The third-order valence-electron chi connectivity index (χ3n) is 2.04. The summed E-state index contributed by atoms with van der Waals surface area (Å²) in [6.07, 6.45) is -1.15. The van der Waals surface area contributed by atoms with Crippen LogP contribution in [0.25, 0.3) is 0 Å². The van der Waals surface area contributed by atoms with Crippen LogP contribution in [0.4, 0.5) is 4.79 Å². The number of hydrogen-bond donors (Lipinski definition) is 4. The van der Waals surface area contributed by atoms with Gasteiger partial charge >= 0.3 is 12.0 Å². The number of rotatable bonds is 5. The molecule has 0 aromatic carbocycles. The molecule has 0 spiro atoms. The van der Waals surface area contributed by atoms with Gasteiger partial charge in [-0.1, -0.05) is 6.07 Å². The molecule has 0 radical (unpaired) electrons. The van der Waals surface area contributed by atoms with Crippen LogP contribution in [0.2, 0.25) is 0 Å². The molecule has 0 saturated carbocycles. The highest BCUT2D eigenvalue weighted by Gasteiger charge is 2.24. The molecular weight excluding hydrogens is 244 g/mol. The number of carboxylic acid groups (broad SMARTS) is 1. The van der Waals surface area contributed by atoms with Crippen molar-refractivity contribution in [1.29, 1.82) is 0 Å². The van der Waals surface area contributed by atoms with E-state index in [-0.39, 0.29) is 0 Å². The van der Waals surface area contributed by atoms with Crippen LogP contribution < -0.4 is 10.6 Å². The average molecular weight is 258 g/mol. The average Bonchev–Trinajstić information content (AvgIpc) is 2.74. The van der Waals surface area contributed by atoms with E-state index in [0.29, 0.717) is 6.54 Å². The largest absolute Gasteiger partial charge is 0.480 e. The Morgan fingerprint density at radius 2 is 2.24 bits per heavy atom. The van der Waals surface area contributed by atoms with Crippen LogP contribution in [0, 0.1) is 0 Å². The Labute approximate surface area is 102 Å². The summed E-state index contributed by atoms with van der Waals surface area (Å²) in [6.45, 7) is 1.63. The maximum absolute atomic E-state index is 11.4. The van der Waals surface area contributed by atoms with Crippen molar-refractivity contribution in [1.82, 2.24) is 10.6 Å². The van der Waals surface area contributed by atoms with Crippen molar-refractivity contribution in [2.45, 2.75) is 25.6 Å². The molecule has 0 aliphatic heterocycles. The van der Waals surface area contributed by atoms with E-state index < -0.39 is 24.1 Å². The first-order valence-corrected chi connectivity index (χ1v) is 5.86. The molecule has 1 aromatic rings. The molecular formula is C10H14N2O4S. The van der Waals surface area contributed by atoms with Gasteiger partial charge in [0.15, 0.2) is 6.04 Å². The first-order valence-electron chi connectivity index (χ1n) is 4.98. The van der Waals surface area contributed by atoms with Crippen molar-refractivity contribution in [3.05, 3.63) is 22.4 Å². The van der Waals surface area contributed by atoms with Gasteiger partial charge in [-0.05, 0) is 18.4 Å². The Morgan fingerprint density at radius 1 is 1.53 bits per heavy atom. The summed E-state index contributed by atoms with van der Waals surface area (Å²) in [6, 6.07) is 1.79. The van der Waals surface area contributed by atoms with E-state index in [1.807, 2.05) is 17.5 Å². The number of carbonyl (C=O) groups is 2. The quantitative estimate of drug-likeness (QED) is 0.613. The number of urea groups is 1. The van der Waals surface area contributed by atoms with Crippen LogP contribution in [0.1, 0.15) is 11.8 Å². The van der Waals surface area contributed by atoms with E-state index in [1.165, 1.54) is 18.3 Å². The van der Waals surface area contributed by atoms with Gasteiger partial charge in [0.25, 0.3) is 0 Å². The SMILES string of the molecule is CC(O)C(NC(=O)NCc1cccs1)C(=O)O. The van der Waals surface area contributed by atoms with Crippen LogP contribution >= 0.6 is 11.3 Å². The maximum Gasteiger partial charge on any atom is 0.328 e. The number of aliphatic hydroxyl groups excluding tert-OH is 1. The molecule has 17 heavy (non-hydrogen) atoms. The van der Waals surface area contributed by atoms with Gasteiger partial charge in [-0.25, -0.2) is 9.59 Å². The van der Waals surface area contributed by atoms with E-state index in [9.17, 15) is 9.59 Å². The lowest BCUT2D eigenvalue weighted by atomic mass is 10.2. The smallest absolute Gasteiger partial charge is 0.328 e. The van der Waals surface area contributed by atoms with Crippen LogP contribution in [-0.2, 0) is 11.3 Å². The molecule has 1 aromatic heterocycles. The summed E-state index contributed by atoms with van der Waals surface area (Å²) < 4.78 is 0. The van der Waals surface area contributed by atoms with Gasteiger partial charge in [-0.15, -0.1) is 11.3 Å². The van der Waals surface area contributed by atoms with Crippen LogP contribution in [0.3, 0.4) is 0 Å². The molecule has 7 heteroatoms. The normalized spacial score (nSPS) is 13.8. The number of carbonyl (C=O) groups excluding carboxylic acids is 1. The summed E-state index contributed by atoms with van der Waals surface area (Å²) >= 11 is 1.49. The summed E-state index contributed by atoms with van der Waals surface area (Å²) in [4.78, 5) is 23.0. The highest BCUT2D eigenvalue weighted by molar-refractivity contribution is 7.09. The number of nitrogens with one attached hydrogen (secondary N) is 2. The Bertz CT molecular complexity index is 378.